The zero-order valence-electron chi connectivity index (χ0n) is 13.9. The molecule has 1 heterocycles. The Labute approximate surface area is 157 Å². The number of aromatic hydroxyl groups is 1. The molecule has 1 aliphatic heterocycles. The fourth-order valence-corrected chi connectivity index (χ4v) is 2.88. The first-order valence-corrected chi connectivity index (χ1v) is 7.32. The summed E-state index contributed by atoms with van der Waals surface area (Å²) in [6, 6.07) is 1.69. The van der Waals surface area contributed by atoms with Crippen molar-refractivity contribution >= 4 is 24.8 Å². The van der Waals surface area contributed by atoms with E-state index in [2.05, 4.69) is 5.32 Å². The molecule has 1 aromatic carbocycles. The second-order valence-electron chi connectivity index (χ2n) is 5.39. The Balaban J connectivity index is 0.00000288. The van der Waals surface area contributed by atoms with Gasteiger partial charge in [-0.15, -0.1) is 24.8 Å². The van der Waals surface area contributed by atoms with Gasteiger partial charge in [0.25, 0.3) is 0 Å². The predicted octanol–water partition coefficient (Wildman–Crippen LogP) is 3.15. The fourth-order valence-electron chi connectivity index (χ4n) is 2.88. The van der Waals surface area contributed by atoms with Crippen molar-refractivity contribution in [1.82, 2.24) is 10.2 Å². The van der Waals surface area contributed by atoms with E-state index in [4.69, 9.17) is 9.47 Å². The SMILES string of the molecule is COc1cc(O)cc(OC)c1[C@@H](CC(F)(F)F)N1CCNCC1.Cl.Cl. The molecule has 146 valence electrons. The van der Waals surface area contributed by atoms with Gasteiger partial charge in [-0.3, -0.25) is 4.90 Å². The number of methoxy groups -OCH3 is 2. The highest BCUT2D eigenvalue weighted by molar-refractivity contribution is 5.85. The van der Waals surface area contributed by atoms with Crippen molar-refractivity contribution in [1.29, 1.82) is 0 Å². The largest absolute Gasteiger partial charge is 0.508 e. The van der Waals surface area contributed by atoms with Gasteiger partial charge in [-0.2, -0.15) is 13.2 Å². The van der Waals surface area contributed by atoms with Crippen LogP contribution in [0, 0.1) is 0 Å². The summed E-state index contributed by atoms with van der Waals surface area (Å²) in [7, 11) is 2.72. The van der Waals surface area contributed by atoms with E-state index in [-0.39, 0.29) is 42.1 Å². The van der Waals surface area contributed by atoms with Gasteiger partial charge in [0.15, 0.2) is 0 Å². The van der Waals surface area contributed by atoms with E-state index in [1.54, 1.807) is 4.90 Å². The average Bonchev–Trinajstić information content (AvgIpc) is 2.52. The minimum Gasteiger partial charge on any atom is -0.508 e. The number of piperazine rings is 1. The van der Waals surface area contributed by atoms with Gasteiger partial charge in [0.1, 0.15) is 17.2 Å². The highest BCUT2D eigenvalue weighted by Gasteiger charge is 2.38. The van der Waals surface area contributed by atoms with Crippen LogP contribution in [0.15, 0.2) is 12.1 Å². The number of rotatable bonds is 5. The number of nitrogens with zero attached hydrogens (tertiary/aromatic N) is 1. The van der Waals surface area contributed by atoms with E-state index in [0.717, 1.165) is 0 Å². The fraction of sp³-hybridized carbons (Fsp3) is 0.600. The van der Waals surface area contributed by atoms with Crippen LogP contribution in [0.25, 0.3) is 0 Å². The molecule has 1 aliphatic rings. The minimum atomic E-state index is -4.33. The number of hydrogen-bond donors (Lipinski definition) is 2. The molecule has 0 aliphatic carbocycles. The molecule has 0 amide bonds. The van der Waals surface area contributed by atoms with Gasteiger partial charge in [-0.25, -0.2) is 0 Å². The highest BCUT2D eigenvalue weighted by atomic mass is 35.5. The van der Waals surface area contributed by atoms with Gasteiger partial charge < -0.3 is 19.9 Å². The van der Waals surface area contributed by atoms with Crippen molar-refractivity contribution < 1.29 is 27.8 Å². The molecule has 0 saturated carbocycles. The Morgan fingerprint density at radius 3 is 2.00 bits per heavy atom. The maximum absolute atomic E-state index is 13.1. The van der Waals surface area contributed by atoms with Gasteiger partial charge in [0.2, 0.25) is 0 Å². The number of phenolic OH excluding ortho intramolecular Hbond substituents is 1. The lowest BCUT2D eigenvalue weighted by Gasteiger charge is -2.36. The molecule has 25 heavy (non-hydrogen) atoms. The monoisotopic (exact) mass is 406 g/mol. The molecule has 5 nitrogen and oxygen atoms in total. The molecular weight excluding hydrogens is 384 g/mol. The van der Waals surface area contributed by atoms with Gasteiger partial charge in [-0.05, 0) is 0 Å². The van der Waals surface area contributed by atoms with Gasteiger partial charge >= 0.3 is 6.18 Å². The minimum absolute atomic E-state index is 0. The second-order valence-corrected chi connectivity index (χ2v) is 5.39. The van der Waals surface area contributed by atoms with Crippen molar-refractivity contribution in [3.05, 3.63) is 17.7 Å². The normalized spacial score (nSPS) is 16.4. The first-order chi connectivity index (χ1) is 10.9. The molecule has 1 atom stereocenters. The molecule has 1 aromatic rings. The maximum Gasteiger partial charge on any atom is 0.390 e. The van der Waals surface area contributed by atoms with E-state index in [0.29, 0.717) is 31.7 Å². The first kappa shape index (κ1) is 23.9. The lowest BCUT2D eigenvalue weighted by atomic mass is 9.98. The van der Waals surface area contributed by atoms with Crippen molar-refractivity contribution in [3.8, 4) is 17.2 Å². The zero-order valence-corrected chi connectivity index (χ0v) is 15.6. The molecule has 0 unspecified atom stereocenters. The smallest absolute Gasteiger partial charge is 0.390 e. The van der Waals surface area contributed by atoms with Crippen molar-refractivity contribution in [2.45, 2.75) is 18.6 Å². The molecule has 2 N–H and O–H groups in total. The molecule has 1 saturated heterocycles. The quantitative estimate of drug-likeness (QED) is 0.786. The van der Waals surface area contributed by atoms with E-state index in [9.17, 15) is 18.3 Å². The Bertz CT molecular complexity index is 516. The summed E-state index contributed by atoms with van der Waals surface area (Å²) in [5.74, 6) is 0.262. The number of phenols is 1. The van der Waals surface area contributed by atoms with Crippen LogP contribution in [-0.4, -0.2) is 56.6 Å². The van der Waals surface area contributed by atoms with Crippen molar-refractivity contribution in [2.75, 3.05) is 40.4 Å². The molecule has 1 fully saturated rings. The molecule has 0 radical (unpaired) electrons. The van der Waals surface area contributed by atoms with Crippen LogP contribution in [0.1, 0.15) is 18.0 Å². The predicted molar refractivity (Wildman–Crippen MR) is 93.6 cm³/mol. The highest BCUT2D eigenvalue weighted by Crippen LogP contribution is 2.44. The number of benzene rings is 1. The van der Waals surface area contributed by atoms with Crippen LogP contribution >= 0.6 is 24.8 Å². The van der Waals surface area contributed by atoms with E-state index < -0.39 is 18.6 Å². The van der Waals surface area contributed by atoms with Crippen molar-refractivity contribution in [3.63, 3.8) is 0 Å². The van der Waals surface area contributed by atoms with Crippen LogP contribution in [-0.2, 0) is 0 Å². The summed E-state index contributed by atoms with van der Waals surface area (Å²) in [6.07, 6.45) is -5.34. The number of halogens is 5. The van der Waals surface area contributed by atoms with Gasteiger partial charge in [0.05, 0.1) is 32.2 Å². The average molecular weight is 407 g/mol. The standard InChI is InChI=1S/C15H21F3N2O3.2ClH/c1-22-12-7-10(21)8-13(23-2)14(12)11(9-15(16,17)18)20-5-3-19-4-6-20;;/h7-8,11,19,21H,3-6,9H2,1-2H3;2*1H/t11-;;/m1../s1. The summed E-state index contributed by atoms with van der Waals surface area (Å²) in [5.41, 5.74) is 0.312. The maximum atomic E-state index is 13.1. The molecule has 2 rings (SSSR count). The molecule has 0 spiro atoms. The van der Waals surface area contributed by atoms with Gasteiger partial charge in [0, 0.05) is 38.3 Å². The van der Waals surface area contributed by atoms with Crippen LogP contribution in [0.5, 0.6) is 17.2 Å². The summed E-state index contributed by atoms with van der Waals surface area (Å²) in [4.78, 5) is 1.77. The van der Waals surface area contributed by atoms with Crippen LogP contribution in [0.4, 0.5) is 13.2 Å². The molecule has 10 heteroatoms. The Kier molecular flexibility index (Phi) is 9.71. The summed E-state index contributed by atoms with van der Waals surface area (Å²) in [5, 5.41) is 12.8. The lowest BCUT2D eigenvalue weighted by Crippen LogP contribution is -2.46. The zero-order chi connectivity index (χ0) is 17.0. The molecule has 0 bridgehead atoms. The lowest BCUT2D eigenvalue weighted by molar-refractivity contribution is -0.149. The number of nitrogens with one attached hydrogen (secondary N) is 1. The molecular formula is C15H23Cl2F3N2O3. The third kappa shape index (κ3) is 6.29. The van der Waals surface area contributed by atoms with E-state index in [1.165, 1.54) is 26.4 Å². The Hall–Kier alpha value is -1.09. The van der Waals surface area contributed by atoms with Crippen molar-refractivity contribution in [2.24, 2.45) is 0 Å². The third-order valence-corrected chi connectivity index (χ3v) is 3.88. The third-order valence-electron chi connectivity index (χ3n) is 3.88. The summed E-state index contributed by atoms with van der Waals surface area (Å²) < 4.78 is 49.8. The topological polar surface area (TPSA) is 54.0 Å². The number of ether oxygens (including phenoxy) is 2. The Morgan fingerprint density at radius 2 is 1.60 bits per heavy atom. The van der Waals surface area contributed by atoms with Gasteiger partial charge in [-0.1, -0.05) is 0 Å². The van der Waals surface area contributed by atoms with E-state index in [1.807, 2.05) is 0 Å². The van der Waals surface area contributed by atoms with Crippen LogP contribution < -0.4 is 14.8 Å². The first-order valence-electron chi connectivity index (χ1n) is 7.32. The van der Waals surface area contributed by atoms with Crippen LogP contribution in [0.2, 0.25) is 0 Å². The van der Waals surface area contributed by atoms with E-state index >= 15 is 0 Å². The Morgan fingerprint density at radius 1 is 1.12 bits per heavy atom. The summed E-state index contributed by atoms with van der Waals surface area (Å²) >= 11 is 0. The number of hydrogen-bond acceptors (Lipinski definition) is 5. The number of alkyl halides is 3. The van der Waals surface area contributed by atoms with Crippen LogP contribution in [0.3, 0.4) is 0 Å². The summed E-state index contributed by atoms with van der Waals surface area (Å²) in [6.45, 7) is 2.23. The molecule has 0 aromatic heterocycles. The second kappa shape index (κ2) is 10.2.